The van der Waals surface area contributed by atoms with Crippen LogP contribution in [0.1, 0.15) is 41.0 Å². The molecule has 0 rings (SSSR count). The summed E-state index contributed by atoms with van der Waals surface area (Å²) in [7, 11) is 0. The molecule has 0 heterocycles. The fourth-order valence-corrected chi connectivity index (χ4v) is 1.52. The van der Waals surface area contributed by atoms with E-state index in [1.807, 2.05) is 0 Å². The van der Waals surface area contributed by atoms with E-state index in [1.165, 1.54) is 12.0 Å². The molecule has 0 aromatic rings. The Kier molecular flexibility index (Phi) is 4.54. The third kappa shape index (κ3) is 2.34. The first-order valence-corrected chi connectivity index (χ1v) is 4.90. The molecular formula is C11H23N. The normalized spacial score (nSPS) is 18.4. The van der Waals surface area contributed by atoms with Crippen molar-refractivity contribution < 1.29 is 0 Å². The first kappa shape index (κ1) is 11.7. The van der Waals surface area contributed by atoms with Gasteiger partial charge in [0, 0.05) is 5.54 Å². The van der Waals surface area contributed by atoms with Crippen LogP contribution >= 0.6 is 0 Å². The van der Waals surface area contributed by atoms with Crippen molar-refractivity contribution in [1.29, 1.82) is 0 Å². The summed E-state index contributed by atoms with van der Waals surface area (Å²) >= 11 is 0. The zero-order chi connectivity index (χ0) is 9.78. The topological polar surface area (TPSA) is 12.0 Å². The van der Waals surface area contributed by atoms with E-state index in [4.69, 9.17) is 0 Å². The lowest BCUT2D eigenvalue weighted by atomic mass is 9.80. The smallest absolute Gasteiger partial charge is 0.0385 e. The van der Waals surface area contributed by atoms with Crippen molar-refractivity contribution in [2.75, 3.05) is 6.54 Å². The molecule has 0 radical (unpaired) electrons. The van der Waals surface area contributed by atoms with Crippen molar-refractivity contribution in [3.8, 4) is 0 Å². The number of nitrogens with one attached hydrogen (secondary N) is 1. The van der Waals surface area contributed by atoms with Crippen LogP contribution in [0, 0.1) is 5.92 Å². The molecule has 2 unspecified atom stereocenters. The highest BCUT2D eigenvalue weighted by Crippen LogP contribution is 2.26. The predicted molar refractivity (Wildman–Crippen MR) is 56.4 cm³/mol. The van der Waals surface area contributed by atoms with Gasteiger partial charge < -0.3 is 5.32 Å². The highest BCUT2D eigenvalue weighted by atomic mass is 15.0. The highest BCUT2D eigenvalue weighted by molar-refractivity contribution is 5.14. The molecule has 0 aliphatic rings. The molecule has 0 fully saturated rings. The number of rotatable bonds is 5. The standard InChI is InChI=1S/C11H23N/c1-7-10(5)11(6,9(3)4)12-8-2/h10,12H,3,7-8H2,1-2,4-6H3. The minimum absolute atomic E-state index is 0.115. The van der Waals surface area contributed by atoms with Gasteiger partial charge in [-0.1, -0.05) is 39.3 Å². The maximum atomic E-state index is 4.05. The van der Waals surface area contributed by atoms with Gasteiger partial charge in [0.25, 0.3) is 0 Å². The van der Waals surface area contributed by atoms with Crippen LogP contribution in [0.25, 0.3) is 0 Å². The van der Waals surface area contributed by atoms with Gasteiger partial charge in [-0.15, -0.1) is 0 Å². The Morgan fingerprint density at radius 1 is 1.50 bits per heavy atom. The maximum absolute atomic E-state index is 4.05. The first-order chi connectivity index (χ1) is 5.49. The fraction of sp³-hybridized carbons (Fsp3) is 0.818. The van der Waals surface area contributed by atoms with E-state index < -0.39 is 0 Å². The summed E-state index contributed by atoms with van der Waals surface area (Å²) in [6, 6.07) is 0. The fourth-order valence-electron chi connectivity index (χ4n) is 1.52. The van der Waals surface area contributed by atoms with Gasteiger partial charge in [-0.05, 0) is 26.3 Å². The molecule has 0 spiro atoms. The molecule has 0 saturated heterocycles. The Labute approximate surface area is 77.2 Å². The van der Waals surface area contributed by atoms with E-state index >= 15 is 0 Å². The Morgan fingerprint density at radius 3 is 2.25 bits per heavy atom. The van der Waals surface area contributed by atoms with Gasteiger partial charge >= 0.3 is 0 Å². The molecule has 0 bridgehead atoms. The summed E-state index contributed by atoms with van der Waals surface area (Å²) in [5.74, 6) is 0.648. The Morgan fingerprint density at radius 2 is 2.00 bits per heavy atom. The van der Waals surface area contributed by atoms with E-state index in [0.29, 0.717) is 5.92 Å². The molecule has 0 amide bonds. The second-order valence-electron chi connectivity index (χ2n) is 3.82. The Hall–Kier alpha value is -0.300. The van der Waals surface area contributed by atoms with Gasteiger partial charge in [-0.3, -0.25) is 0 Å². The molecule has 0 saturated carbocycles. The molecule has 0 aromatic carbocycles. The maximum Gasteiger partial charge on any atom is 0.0385 e. The molecular weight excluding hydrogens is 146 g/mol. The van der Waals surface area contributed by atoms with Crippen LogP contribution in [0.2, 0.25) is 0 Å². The molecule has 0 aromatic heterocycles. The summed E-state index contributed by atoms with van der Waals surface area (Å²) < 4.78 is 0. The Bertz CT molecular complexity index is 151. The molecule has 1 N–H and O–H groups in total. The SMILES string of the molecule is C=C(C)C(C)(NCC)C(C)CC. The molecule has 0 aliphatic heterocycles. The van der Waals surface area contributed by atoms with Gasteiger partial charge in [0.2, 0.25) is 0 Å². The van der Waals surface area contributed by atoms with Crippen LogP contribution in [0.5, 0.6) is 0 Å². The second-order valence-corrected chi connectivity index (χ2v) is 3.82. The molecule has 0 aliphatic carbocycles. The molecule has 1 nitrogen and oxygen atoms in total. The number of hydrogen-bond acceptors (Lipinski definition) is 1. The van der Waals surface area contributed by atoms with Gasteiger partial charge in [-0.2, -0.15) is 0 Å². The van der Waals surface area contributed by atoms with E-state index in [-0.39, 0.29) is 5.54 Å². The summed E-state index contributed by atoms with van der Waals surface area (Å²) in [6.07, 6.45) is 1.19. The van der Waals surface area contributed by atoms with Crippen molar-refractivity contribution in [2.24, 2.45) is 5.92 Å². The van der Waals surface area contributed by atoms with Crippen molar-refractivity contribution in [1.82, 2.24) is 5.32 Å². The van der Waals surface area contributed by atoms with E-state index in [2.05, 4.69) is 46.5 Å². The minimum Gasteiger partial charge on any atom is -0.308 e. The summed E-state index contributed by atoms with van der Waals surface area (Å²) in [4.78, 5) is 0. The van der Waals surface area contributed by atoms with Crippen LogP contribution in [-0.2, 0) is 0 Å². The van der Waals surface area contributed by atoms with Crippen LogP contribution in [0.3, 0.4) is 0 Å². The quantitative estimate of drug-likeness (QED) is 0.624. The zero-order valence-electron chi connectivity index (χ0n) is 9.20. The number of hydrogen-bond donors (Lipinski definition) is 1. The summed E-state index contributed by atoms with van der Waals surface area (Å²) in [5.41, 5.74) is 1.35. The second kappa shape index (κ2) is 4.66. The van der Waals surface area contributed by atoms with Crippen LogP contribution < -0.4 is 5.32 Å². The Balaban J connectivity index is 4.48. The predicted octanol–water partition coefficient (Wildman–Crippen LogP) is 2.98. The summed E-state index contributed by atoms with van der Waals surface area (Å²) in [5, 5.41) is 3.51. The average molecular weight is 169 g/mol. The molecule has 12 heavy (non-hydrogen) atoms. The third-order valence-electron chi connectivity index (χ3n) is 3.03. The molecule has 1 heteroatoms. The van der Waals surface area contributed by atoms with Gasteiger partial charge in [0.15, 0.2) is 0 Å². The van der Waals surface area contributed by atoms with E-state index in [0.717, 1.165) is 6.54 Å². The number of likely N-dealkylation sites (N-methyl/N-ethyl adjacent to an activating group) is 1. The lowest BCUT2D eigenvalue weighted by Gasteiger charge is -2.37. The minimum atomic E-state index is 0.115. The van der Waals surface area contributed by atoms with Crippen molar-refractivity contribution in [2.45, 2.75) is 46.6 Å². The first-order valence-electron chi connectivity index (χ1n) is 4.90. The van der Waals surface area contributed by atoms with Crippen LogP contribution in [0.15, 0.2) is 12.2 Å². The monoisotopic (exact) mass is 169 g/mol. The third-order valence-corrected chi connectivity index (χ3v) is 3.03. The lowest BCUT2D eigenvalue weighted by molar-refractivity contribution is 0.290. The van der Waals surface area contributed by atoms with Gasteiger partial charge in [0.1, 0.15) is 0 Å². The van der Waals surface area contributed by atoms with E-state index in [1.54, 1.807) is 0 Å². The molecule has 2 atom stereocenters. The van der Waals surface area contributed by atoms with Gasteiger partial charge in [0.05, 0.1) is 0 Å². The largest absolute Gasteiger partial charge is 0.308 e. The summed E-state index contributed by atoms with van der Waals surface area (Å²) in [6.45, 7) is 16.1. The van der Waals surface area contributed by atoms with Gasteiger partial charge in [-0.25, -0.2) is 0 Å². The highest BCUT2D eigenvalue weighted by Gasteiger charge is 2.29. The van der Waals surface area contributed by atoms with Crippen molar-refractivity contribution in [3.05, 3.63) is 12.2 Å². The average Bonchev–Trinajstić information content (AvgIpc) is 2.03. The molecule has 72 valence electrons. The van der Waals surface area contributed by atoms with Crippen molar-refractivity contribution in [3.63, 3.8) is 0 Å². The zero-order valence-corrected chi connectivity index (χ0v) is 9.20. The lowest BCUT2D eigenvalue weighted by Crippen LogP contribution is -2.48. The van der Waals surface area contributed by atoms with Crippen molar-refractivity contribution >= 4 is 0 Å². The van der Waals surface area contributed by atoms with E-state index in [9.17, 15) is 0 Å². The van der Waals surface area contributed by atoms with Crippen LogP contribution in [-0.4, -0.2) is 12.1 Å². The van der Waals surface area contributed by atoms with Crippen LogP contribution in [0.4, 0.5) is 0 Å².